The molecule has 8 nitrogen and oxygen atoms in total. The first kappa shape index (κ1) is 19.7. The second kappa shape index (κ2) is 9.77. The van der Waals surface area contributed by atoms with E-state index in [0.717, 1.165) is 11.3 Å². The van der Waals surface area contributed by atoms with Crippen LogP contribution in [0.1, 0.15) is 29.6 Å². The third kappa shape index (κ3) is 5.48. The van der Waals surface area contributed by atoms with Gasteiger partial charge in [-0.15, -0.1) is 21.5 Å². The molecule has 0 aliphatic carbocycles. The van der Waals surface area contributed by atoms with E-state index in [4.69, 9.17) is 4.42 Å². The molecule has 2 aromatic heterocycles. The first-order valence-corrected chi connectivity index (χ1v) is 9.76. The monoisotopic (exact) mass is 399 g/mol. The molecule has 2 N–H and O–H groups in total. The smallest absolute Gasteiger partial charge is 0.269 e. The van der Waals surface area contributed by atoms with E-state index in [2.05, 4.69) is 21.0 Å². The molecule has 0 saturated carbocycles. The molecule has 3 aromatic rings. The molecule has 0 saturated heterocycles. The highest BCUT2D eigenvalue weighted by Gasteiger charge is 2.16. The molecule has 146 valence electrons. The number of carbonyl (C=O) groups excluding carboxylic acids is 2. The molecule has 0 aliphatic heterocycles. The van der Waals surface area contributed by atoms with Crippen LogP contribution in [0.15, 0.2) is 52.3 Å². The summed E-state index contributed by atoms with van der Waals surface area (Å²) in [5.41, 5.74) is 5.33. The van der Waals surface area contributed by atoms with Gasteiger partial charge in [0.15, 0.2) is 0 Å². The van der Waals surface area contributed by atoms with Crippen molar-refractivity contribution in [3.8, 4) is 10.8 Å². The molecule has 0 radical (unpaired) electrons. The van der Waals surface area contributed by atoms with E-state index in [9.17, 15) is 9.59 Å². The molecule has 3 rings (SSSR count). The second-order valence-corrected chi connectivity index (χ2v) is 7.00. The SMILES string of the molecule is CCCN(CC(=O)NNC(=O)c1ccccc1)Cc1nnc(-c2cccs2)o1. The number of carbonyl (C=O) groups is 2. The maximum absolute atomic E-state index is 12.2. The van der Waals surface area contributed by atoms with Crippen LogP contribution in [0.2, 0.25) is 0 Å². The first-order chi connectivity index (χ1) is 13.7. The highest BCUT2D eigenvalue weighted by atomic mass is 32.1. The van der Waals surface area contributed by atoms with Gasteiger partial charge in [-0.05, 0) is 36.5 Å². The summed E-state index contributed by atoms with van der Waals surface area (Å²) in [5.74, 6) is 0.225. The van der Waals surface area contributed by atoms with Gasteiger partial charge in [-0.1, -0.05) is 31.2 Å². The van der Waals surface area contributed by atoms with E-state index in [1.807, 2.05) is 35.4 Å². The van der Waals surface area contributed by atoms with Crippen LogP contribution in [-0.2, 0) is 11.3 Å². The van der Waals surface area contributed by atoms with Crippen LogP contribution in [0.3, 0.4) is 0 Å². The van der Waals surface area contributed by atoms with Gasteiger partial charge < -0.3 is 4.42 Å². The average Bonchev–Trinajstić information content (AvgIpc) is 3.39. The van der Waals surface area contributed by atoms with Crippen LogP contribution in [0.25, 0.3) is 10.8 Å². The largest absolute Gasteiger partial charge is 0.419 e. The van der Waals surface area contributed by atoms with Gasteiger partial charge in [0.25, 0.3) is 17.7 Å². The van der Waals surface area contributed by atoms with Crippen molar-refractivity contribution in [2.45, 2.75) is 19.9 Å². The Labute approximate surface area is 166 Å². The van der Waals surface area contributed by atoms with Crippen LogP contribution < -0.4 is 10.9 Å². The highest BCUT2D eigenvalue weighted by Crippen LogP contribution is 2.23. The van der Waals surface area contributed by atoms with Gasteiger partial charge >= 0.3 is 0 Å². The molecule has 2 amide bonds. The zero-order chi connectivity index (χ0) is 19.8. The summed E-state index contributed by atoms with van der Waals surface area (Å²) in [5, 5.41) is 10.1. The zero-order valence-electron chi connectivity index (χ0n) is 15.4. The Kier molecular flexibility index (Phi) is 6.88. The Bertz CT molecular complexity index is 895. The second-order valence-electron chi connectivity index (χ2n) is 6.06. The number of aromatic nitrogens is 2. The minimum Gasteiger partial charge on any atom is -0.419 e. The number of amides is 2. The molecule has 28 heavy (non-hydrogen) atoms. The zero-order valence-corrected chi connectivity index (χ0v) is 16.2. The number of hydrazine groups is 1. The van der Waals surface area contributed by atoms with Gasteiger partial charge in [-0.3, -0.25) is 25.3 Å². The van der Waals surface area contributed by atoms with Crippen LogP contribution in [-0.4, -0.2) is 40.0 Å². The molecule has 2 heterocycles. The van der Waals surface area contributed by atoms with Crippen molar-refractivity contribution < 1.29 is 14.0 Å². The fourth-order valence-corrected chi connectivity index (χ4v) is 3.21. The third-order valence-corrected chi connectivity index (χ3v) is 4.67. The van der Waals surface area contributed by atoms with Gasteiger partial charge in [0, 0.05) is 5.56 Å². The first-order valence-electron chi connectivity index (χ1n) is 8.88. The summed E-state index contributed by atoms with van der Waals surface area (Å²) >= 11 is 1.52. The van der Waals surface area contributed by atoms with Crippen LogP contribution in [0.5, 0.6) is 0 Å². The molecule has 0 aliphatic rings. The van der Waals surface area contributed by atoms with E-state index >= 15 is 0 Å². The lowest BCUT2D eigenvalue weighted by atomic mass is 10.2. The van der Waals surface area contributed by atoms with Crippen LogP contribution in [0, 0.1) is 0 Å². The van der Waals surface area contributed by atoms with Gasteiger partial charge in [0.2, 0.25) is 5.89 Å². The lowest BCUT2D eigenvalue weighted by molar-refractivity contribution is -0.123. The molecule has 1 aromatic carbocycles. The van der Waals surface area contributed by atoms with E-state index in [1.165, 1.54) is 11.3 Å². The maximum atomic E-state index is 12.2. The van der Waals surface area contributed by atoms with E-state index in [0.29, 0.717) is 30.4 Å². The van der Waals surface area contributed by atoms with Crippen molar-refractivity contribution in [1.82, 2.24) is 25.9 Å². The Hall–Kier alpha value is -3.04. The van der Waals surface area contributed by atoms with E-state index < -0.39 is 0 Å². The normalized spacial score (nSPS) is 10.8. The molecule has 0 bridgehead atoms. The molecular formula is C19H21N5O3S. The molecule has 0 fully saturated rings. The minimum atomic E-state index is -0.367. The quantitative estimate of drug-likeness (QED) is 0.565. The molecule has 0 spiro atoms. The number of nitrogens with zero attached hydrogens (tertiary/aromatic N) is 3. The van der Waals surface area contributed by atoms with Crippen molar-refractivity contribution in [2.24, 2.45) is 0 Å². The molecule has 0 unspecified atom stereocenters. The van der Waals surface area contributed by atoms with E-state index in [1.54, 1.807) is 24.3 Å². The lowest BCUT2D eigenvalue weighted by Crippen LogP contribution is -2.46. The van der Waals surface area contributed by atoms with Crippen molar-refractivity contribution in [3.05, 3.63) is 59.3 Å². The fraction of sp³-hybridized carbons (Fsp3) is 0.263. The standard InChI is InChI=1S/C19H21N5O3S/c1-2-10-24(13-17-21-23-19(27-17)15-9-6-11-28-15)12-16(25)20-22-18(26)14-7-4-3-5-8-14/h3-9,11H,2,10,12-13H2,1H3,(H,20,25)(H,22,26). The Morgan fingerprint density at radius 2 is 1.93 bits per heavy atom. The van der Waals surface area contributed by atoms with Crippen molar-refractivity contribution in [1.29, 1.82) is 0 Å². The summed E-state index contributed by atoms with van der Waals surface area (Å²) in [6, 6.07) is 12.5. The summed E-state index contributed by atoms with van der Waals surface area (Å²) in [6.07, 6.45) is 0.857. The number of rotatable bonds is 8. The Balaban J connectivity index is 1.52. The van der Waals surface area contributed by atoms with Crippen molar-refractivity contribution in [2.75, 3.05) is 13.1 Å². The predicted molar refractivity (Wildman–Crippen MR) is 105 cm³/mol. The number of thiophene rings is 1. The maximum Gasteiger partial charge on any atom is 0.269 e. The average molecular weight is 399 g/mol. The number of hydrogen-bond donors (Lipinski definition) is 2. The molecular weight excluding hydrogens is 378 g/mol. The summed E-state index contributed by atoms with van der Waals surface area (Å²) < 4.78 is 5.69. The van der Waals surface area contributed by atoms with Gasteiger partial charge in [0.05, 0.1) is 18.0 Å². The molecule has 9 heteroatoms. The van der Waals surface area contributed by atoms with Crippen molar-refractivity contribution in [3.63, 3.8) is 0 Å². The van der Waals surface area contributed by atoms with Gasteiger partial charge in [-0.25, -0.2) is 0 Å². The highest BCUT2D eigenvalue weighted by molar-refractivity contribution is 7.13. The Morgan fingerprint density at radius 3 is 2.64 bits per heavy atom. The van der Waals surface area contributed by atoms with Gasteiger partial charge in [-0.2, -0.15) is 0 Å². The number of nitrogens with one attached hydrogen (secondary N) is 2. The summed E-state index contributed by atoms with van der Waals surface area (Å²) in [6.45, 7) is 3.15. The topological polar surface area (TPSA) is 100 Å². The minimum absolute atomic E-state index is 0.0969. The van der Waals surface area contributed by atoms with Crippen LogP contribution >= 0.6 is 11.3 Å². The van der Waals surface area contributed by atoms with Gasteiger partial charge in [0.1, 0.15) is 0 Å². The predicted octanol–water partition coefficient (Wildman–Crippen LogP) is 2.47. The fourth-order valence-electron chi connectivity index (χ4n) is 2.57. The lowest BCUT2D eigenvalue weighted by Gasteiger charge is -2.19. The van der Waals surface area contributed by atoms with E-state index in [-0.39, 0.29) is 18.4 Å². The summed E-state index contributed by atoms with van der Waals surface area (Å²) in [7, 11) is 0. The Morgan fingerprint density at radius 1 is 1.11 bits per heavy atom. The van der Waals surface area contributed by atoms with Crippen LogP contribution in [0.4, 0.5) is 0 Å². The van der Waals surface area contributed by atoms with Crippen molar-refractivity contribution >= 4 is 23.2 Å². The number of benzene rings is 1. The summed E-state index contributed by atoms with van der Waals surface area (Å²) in [4.78, 5) is 27.0. The number of hydrogen-bond acceptors (Lipinski definition) is 7. The molecule has 0 atom stereocenters. The third-order valence-electron chi connectivity index (χ3n) is 3.82.